The van der Waals surface area contributed by atoms with Crippen LogP contribution in [0.15, 0.2) is 18.2 Å². The molecule has 2 heterocycles. The lowest BCUT2D eigenvalue weighted by atomic mass is 9.88. The van der Waals surface area contributed by atoms with E-state index in [1.54, 1.807) is 0 Å². The first kappa shape index (κ1) is 17.8. The Labute approximate surface area is 165 Å². The van der Waals surface area contributed by atoms with Crippen LogP contribution in [0.5, 0.6) is 11.5 Å². The molecule has 6 nitrogen and oxygen atoms in total. The Morgan fingerprint density at radius 2 is 1.54 bits per heavy atom. The summed E-state index contributed by atoms with van der Waals surface area (Å²) in [6.07, 6.45) is 6.60. The summed E-state index contributed by atoms with van der Waals surface area (Å²) in [6, 6.07) is 6.00. The van der Waals surface area contributed by atoms with E-state index in [9.17, 15) is 9.59 Å². The smallest absolute Gasteiger partial charge is 0.231 e. The minimum atomic E-state index is 0.0703. The number of hydrogen-bond donors (Lipinski definition) is 0. The Balaban J connectivity index is 1.14. The van der Waals surface area contributed by atoms with Gasteiger partial charge in [0.05, 0.1) is 0 Å². The molecule has 2 atom stereocenters. The van der Waals surface area contributed by atoms with Gasteiger partial charge in [0, 0.05) is 38.0 Å². The van der Waals surface area contributed by atoms with Gasteiger partial charge >= 0.3 is 0 Å². The summed E-state index contributed by atoms with van der Waals surface area (Å²) < 4.78 is 10.8. The molecule has 2 unspecified atom stereocenters. The number of piperazine rings is 1. The number of carbonyl (C=O) groups excluding carboxylic acids is 2. The molecule has 2 amide bonds. The monoisotopic (exact) mass is 384 g/mol. The molecule has 1 aromatic rings. The molecule has 5 rings (SSSR count). The van der Waals surface area contributed by atoms with E-state index in [2.05, 4.69) is 0 Å². The zero-order valence-electron chi connectivity index (χ0n) is 16.3. The van der Waals surface area contributed by atoms with Gasteiger partial charge in [-0.05, 0) is 42.9 Å². The van der Waals surface area contributed by atoms with Crippen molar-refractivity contribution in [3.8, 4) is 11.5 Å². The number of benzene rings is 1. The van der Waals surface area contributed by atoms with Gasteiger partial charge in [0.1, 0.15) is 0 Å². The molecule has 0 aromatic heterocycles. The summed E-state index contributed by atoms with van der Waals surface area (Å²) in [5, 5.41) is 0. The Kier molecular flexibility index (Phi) is 4.65. The fourth-order valence-corrected chi connectivity index (χ4v) is 4.97. The van der Waals surface area contributed by atoms with Gasteiger partial charge in [-0.25, -0.2) is 0 Å². The van der Waals surface area contributed by atoms with Crippen molar-refractivity contribution in [2.45, 2.75) is 44.4 Å². The van der Waals surface area contributed by atoms with Crippen LogP contribution in [0.3, 0.4) is 0 Å². The maximum absolute atomic E-state index is 12.9. The Hall–Kier alpha value is -2.24. The van der Waals surface area contributed by atoms with Crippen molar-refractivity contribution in [1.82, 2.24) is 9.80 Å². The van der Waals surface area contributed by atoms with Crippen LogP contribution in [0.1, 0.15) is 50.0 Å². The second-order valence-corrected chi connectivity index (χ2v) is 8.55. The minimum Gasteiger partial charge on any atom is -0.454 e. The Morgan fingerprint density at radius 3 is 2.29 bits per heavy atom. The maximum Gasteiger partial charge on any atom is 0.231 e. The molecule has 28 heavy (non-hydrogen) atoms. The fourth-order valence-electron chi connectivity index (χ4n) is 4.97. The first-order valence-electron chi connectivity index (χ1n) is 10.7. The average molecular weight is 384 g/mol. The number of hydrogen-bond acceptors (Lipinski definition) is 4. The quantitative estimate of drug-likeness (QED) is 0.804. The van der Waals surface area contributed by atoms with E-state index in [0.29, 0.717) is 32.1 Å². The first-order valence-corrected chi connectivity index (χ1v) is 10.7. The molecule has 4 aliphatic rings. The summed E-state index contributed by atoms with van der Waals surface area (Å²) in [6.45, 7) is 2.98. The van der Waals surface area contributed by atoms with Gasteiger partial charge in [0.15, 0.2) is 11.5 Å². The molecule has 150 valence electrons. The van der Waals surface area contributed by atoms with Crippen LogP contribution in [-0.2, 0) is 9.59 Å². The highest BCUT2D eigenvalue weighted by atomic mass is 16.7. The van der Waals surface area contributed by atoms with Crippen molar-refractivity contribution in [2.75, 3.05) is 33.0 Å². The first-order chi connectivity index (χ1) is 13.7. The third kappa shape index (κ3) is 3.33. The predicted octanol–water partition coefficient (Wildman–Crippen LogP) is 2.77. The van der Waals surface area contributed by atoms with E-state index in [4.69, 9.17) is 9.47 Å². The number of fused-ring (bicyclic) bond motifs is 1. The van der Waals surface area contributed by atoms with Crippen molar-refractivity contribution in [3.63, 3.8) is 0 Å². The lowest BCUT2D eigenvalue weighted by Gasteiger charge is -2.37. The summed E-state index contributed by atoms with van der Waals surface area (Å²) in [7, 11) is 0. The summed E-state index contributed by atoms with van der Waals surface area (Å²) in [4.78, 5) is 29.6. The largest absolute Gasteiger partial charge is 0.454 e. The van der Waals surface area contributed by atoms with Crippen molar-refractivity contribution in [1.29, 1.82) is 0 Å². The predicted molar refractivity (Wildman–Crippen MR) is 103 cm³/mol. The number of amides is 2. The molecule has 2 aliphatic heterocycles. The average Bonchev–Trinajstić information content (AvgIpc) is 3.42. The van der Waals surface area contributed by atoms with Crippen LogP contribution in [0.4, 0.5) is 0 Å². The van der Waals surface area contributed by atoms with Crippen LogP contribution >= 0.6 is 0 Å². The maximum atomic E-state index is 12.9. The number of rotatable bonds is 3. The third-order valence-electron chi connectivity index (χ3n) is 6.79. The van der Waals surface area contributed by atoms with Gasteiger partial charge in [0.25, 0.3) is 0 Å². The molecule has 2 saturated carbocycles. The Morgan fingerprint density at radius 1 is 0.857 bits per heavy atom. The zero-order chi connectivity index (χ0) is 19.1. The van der Waals surface area contributed by atoms with Crippen molar-refractivity contribution < 1.29 is 19.1 Å². The molecule has 0 N–H and O–H groups in total. The molecule has 0 bridgehead atoms. The molecular formula is C22H28N2O4. The van der Waals surface area contributed by atoms with Gasteiger partial charge in [-0.2, -0.15) is 0 Å². The van der Waals surface area contributed by atoms with Crippen LogP contribution in [0.25, 0.3) is 0 Å². The number of carbonyl (C=O) groups is 2. The van der Waals surface area contributed by atoms with E-state index >= 15 is 0 Å². The number of ether oxygens (including phenoxy) is 2. The third-order valence-corrected chi connectivity index (χ3v) is 6.79. The van der Waals surface area contributed by atoms with Gasteiger partial charge < -0.3 is 19.3 Å². The molecule has 1 saturated heterocycles. The highest BCUT2D eigenvalue weighted by Crippen LogP contribution is 2.50. The van der Waals surface area contributed by atoms with Crippen molar-refractivity contribution in [3.05, 3.63) is 23.8 Å². The van der Waals surface area contributed by atoms with Gasteiger partial charge in [-0.1, -0.05) is 25.3 Å². The summed E-state index contributed by atoms with van der Waals surface area (Å²) in [5.41, 5.74) is 1.16. The van der Waals surface area contributed by atoms with Crippen LogP contribution < -0.4 is 9.47 Å². The SMILES string of the molecule is O=C(C1CCCCC1)N1CCN(C(=O)C2CC2c2ccc3c(c2)OCO3)CC1. The number of nitrogens with zero attached hydrogens (tertiary/aromatic N) is 2. The fraction of sp³-hybridized carbons (Fsp3) is 0.636. The molecule has 1 aromatic carbocycles. The lowest BCUT2D eigenvalue weighted by Crippen LogP contribution is -2.52. The van der Waals surface area contributed by atoms with Crippen molar-refractivity contribution in [2.24, 2.45) is 11.8 Å². The molecule has 2 aliphatic carbocycles. The summed E-state index contributed by atoms with van der Waals surface area (Å²) >= 11 is 0. The molecular weight excluding hydrogens is 356 g/mol. The topological polar surface area (TPSA) is 59.1 Å². The van der Waals surface area contributed by atoms with E-state index in [-0.39, 0.29) is 30.5 Å². The van der Waals surface area contributed by atoms with Gasteiger partial charge in [-0.3, -0.25) is 9.59 Å². The second kappa shape index (κ2) is 7.30. The minimum absolute atomic E-state index is 0.0703. The van der Waals surface area contributed by atoms with Crippen molar-refractivity contribution >= 4 is 11.8 Å². The zero-order valence-corrected chi connectivity index (χ0v) is 16.3. The van der Waals surface area contributed by atoms with E-state index in [1.807, 2.05) is 28.0 Å². The standard InChI is InChI=1S/C22H28N2O4/c25-21(15-4-2-1-3-5-15)23-8-10-24(11-9-23)22(26)18-13-17(18)16-6-7-19-20(12-16)28-14-27-19/h6-7,12,15,17-18H,1-5,8-11,13-14H2. The van der Waals surface area contributed by atoms with Gasteiger partial charge in [-0.15, -0.1) is 0 Å². The highest BCUT2D eigenvalue weighted by molar-refractivity contribution is 5.84. The van der Waals surface area contributed by atoms with Crippen LogP contribution in [0.2, 0.25) is 0 Å². The van der Waals surface area contributed by atoms with E-state index in [0.717, 1.165) is 36.3 Å². The molecule has 3 fully saturated rings. The Bertz CT molecular complexity index is 766. The normalized spacial score (nSPS) is 27.0. The van der Waals surface area contributed by atoms with E-state index in [1.165, 1.54) is 19.3 Å². The lowest BCUT2D eigenvalue weighted by molar-refractivity contribution is -0.143. The molecule has 0 radical (unpaired) electrons. The summed E-state index contributed by atoms with van der Waals surface area (Å²) in [5.74, 6) is 2.69. The second-order valence-electron chi connectivity index (χ2n) is 8.55. The van der Waals surface area contributed by atoms with Gasteiger partial charge in [0.2, 0.25) is 18.6 Å². The van der Waals surface area contributed by atoms with E-state index < -0.39 is 0 Å². The molecule has 6 heteroatoms. The van der Waals surface area contributed by atoms with Crippen LogP contribution in [-0.4, -0.2) is 54.6 Å². The van der Waals surface area contributed by atoms with Crippen LogP contribution in [0, 0.1) is 11.8 Å². The molecule has 0 spiro atoms. The highest BCUT2D eigenvalue weighted by Gasteiger charge is 2.46.